The fraction of sp³-hybridized carbons (Fsp3) is 0.410. The Morgan fingerprint density at radius 3 is 1.01 bits per heavy atom. The van der Waals surface area contributed by atoms with Gasteiger partial charge in [-0.25, -0.2) is 0 Å². The zero-order valence-corrected chi connectivity index (χ0v) is 57.8. The molecule has 6 heterocycles. The molecule has 0 aliphatic heterocycles. The topological polar surface area (TPSA) is 68.3 Å². The van der Waals surface area contributed by atoms with Crippen LogP contribution in [0.1, 0.15) is 230 Å². The summed E-state index contributed by atoms with van der Waals surface area (Å²) in [5.74, 6) is 1.55. The molecule has 9 aromatic rings. The molecular formula is C78H86O4S6. The second-order valence-electron chi connectivity index (χ2n) is 25.0. The molecule has 10 heteroatoms. The fourth-order valence-corrected chi connectivity index (χ4v) is 21.1. The third-order valence-electron chi connectivity index (χ3n) is 18.9. The van der Waals surface area contributed by atoms with Crippen LogP contribution in [-0.2, 0) is 25.7 Å². The maximum absolute atomic E-state index is 14.0. The minimum Gasteiger partial charge on any atom is -0.288 e. The van der Waals surface area contributed by atoms with E-state index in [4.69, 9.17) is 0 Å². The molecule has 0 amide bonds. The van der Waals surface area contributed by atoms with Crippen LogP contribution < -0.4 is 0 Å². The molecule has 0 saturated carbocycles. The highest BCUT2D eigenvalue weighted by Gasteiger charge is 2.35. The molecule has 6 aromatic heterocycles. The number of allylic oxidation sites excluding steroid dienone is 2. The summed E-state index contributed by atoms with van der Waals surface area (Å²) in [6.45, 7) is 18.5. The molecular weight excluding hydrogens is 1190 g/mol. The standard InChI is InChI=1S/C78H86O4S6/c1-9-17-25-47(13-5)37-51-41-55(43-63-71(79)57-29-21-22-30-58(57)72(63)80)85-75(51)67-45-61-69(65-35-33-53(83-65)39-49(15-7)27-19-11-3)78-62(70(77(61)87-67)66-36-34-54(84-66)40-50(16-8)28-20-12-4)46-68(88-78)76-52(38-48(14-6)26-18-10-2)42-56(86-76)44-64-73(81)59-31-23-24-32-60(59)74(64)82/h21-24,29-36,41-50H,9-20,25-28,37-40H2,1-8H3. The molecule has 458 valence electrons. The van der Waals surface area contributed by atoms with Crippen molar-refractivity contribution in [3.05, 3.63) is 161 Å². The Labute approximate surface area is 547 Å². The summed E-state index contributed by atoms with van der Waals surface area (Å²) in [6.07, 6.45) is 26.7. The van der Waals surface area contributed by atoms with E-state index in [0.29, 0.717) is 45.9 Å². The van der Waals surface area contributed by atoms with Gasteiger partial charge in [0.1, 0.15) is 0 Å². The number of hydrogen-bond donors (Lipinski definition) is 0. The number of fused-ring (bicyclic) bond motifs is 4. The summed E-state index contributed by atoms with van der Waals surface area (Å²) in [7, 11) is 0. The van der Waals surface area contributed by atoms with Gasteiger partial charge in [0.2, 0.25) is 0 Å². The number of ketones is 4. The first kappa shape index (κ1) is 64.1. The average Bonchev–Trinajstić information content (AvgIpc) is 1.59. The van der Waals surface area contributed by atoms with Gasteiger partial charge in [-0.05, 0) is 121 Å². The Balaban J connectivity index is 1.15. The second kappa shape index (κ2) is 29.2. The number of hydrogen-bond acceptors (Lipinski definition) is 10. The molecule has 0 fully saturated rings. The summed E-state index contributed by atoms with van der Waals surface area (Å²) < 4.78 is 2.60. The van der Waals surface area contributed by atoms with Gasteiger partial charge in [-0.1, -0.05) is 207 Å². The van der Waals surface area contributed by atoms with Crippen molar-refractivity contribution < 1.29 is 19.2 Å². The Kier molecular flexibility index (Phi) is 21.3. The molecule has 0 bridgehead atoms. The van der Waals surface area contributed by atoms with Crippen LogP contribution in [-0.4, -0.2) is 23.1 Å². The number of unbranched alkanes of at least 4 members (excludes halogenated alkanes) is 4. The largest absolute Gasteiger partial charge is 0.288 e. The normalized spacial score (nSPS) is 14.7. The minimum atomic E-state index is -0.187. The molecule has 3 aromatic carbocycles. The van der Waals surface area contributed by atoms with E-state index >= 15 is 0 Å². The van der Waals surface area contributed by atoms with Crippen LogP contribution in [0, 0.1) is 23.7 Å². The third-order valence-corrected chi connectivity index (χ3v) is 26.1. The molecule has 88 heavy (non-hydrogen) atoms. The van der Waals surface area contributed by atoms with Crippen molar-refractivity contribution in [3.63, 3.8) is 0 Å². The lowest BCUT2D eigenvalue weighted by Crippen LogP contribution is -2.03. The zero-order valence-electron chi connectivity index (χ0n) is 52.9. The van der Waals surface area contributed by atoms with Crippen LogP contribution in [0.25, 0.3) is 72.7 Å². The Hall–Kier alpha value is -5.46. The molecule has 4 unspecified atom stereocenters. The molecule has 0 saturated heterocycles. The molecule has 0 spiro atoms. The van der Waals surface area contributed by atoms with Crippen LogP contribution >= 0.6 is 68.0 Å². The van der Waals surface area contributed by atoms with E-state index in [1.165, 1.54) is 146 Å². The number of thiophene rings is 6. The van der Waals surface area contributed by atoms with Crippen molar-refractivity contribution in [1.29, 1.82) is 0 Å². The predicted molar refractivity (Wildman–Crippen MR) is 385 cm³/mol. The smallest absolute Gasteiger partial charge is 0.197 e. The van der Waals surface area contributed by atoms with Crippen molar-refractivity contribution in [3.8, 4) is 40.4 Å². The van der Waals surface area contributed by atoms with Crippen LogP contribution in [0.3, 0.4) is 0 Å². The molecule has 2 aliphatic carbocycles. The molecule has 11 rings (SSSR count). The lowest BCUT2D eigenvalue weighted by Gasteiger charge is -2.14. The van der Waals surface area contributed by atoms with Gasteiger partial charge in [0.25, 0.3) is 0 Å². The highest BCUT2D eigenvalue weighted by atomic mass is 32.1. The summed E-state index contributed by atoms with van der Waals surface area (Å²) in [4.78, 5) is 68.2. The van der Waals surface area contributed by atoms with E-state index in [9.17, 15) is 19.2 Å². The summed E-state index contributed by atoms with van der Waals surface area (Å²) in [6, 6.07) is 33.8. The fourth-order valence-electron chi connectivity index (χ4n) is 13.5. The Bertz CT molecular complexity index is 3670. The molecule has 2 aliphatic rings. The second-order valence-corrected chi connectivity index (χ2v) is 31.6. The lowest BCUT2D eigenvalue weighted by atomic mass is 9.91. The Morgan fingerprint density at radius 1 is 0.364 bits per heavy atom. The number of carbonyl (C=O) groups is 4. The van der Waals surface area contributed by atoms with E-state index in [2.05, 4.69) is 104 Å². The van der Waals surface area contributed by atoms with Crippen molar-refractivity contribution in [2.75, 3.05) is 0 Å². The Morgan fingerprint density at radius 2 is 0.693 bits per heavy atom. The van der Waals surface area contributed by atoms with E-state index in [1.807, 2.05) is 81.8 Å². The quantitative estimate of drug-likeness (QED) is 0.0332. The van der Waals surface area contributed by atoms with Gasteiger partial charge in [0.05, 0.1) is 11.1 Å². The SMILES string of the molecule is CCCCC(CC)Cc1ccc(-c2c3cc(-c4sc(C=C5C(=O)c6ccccc6C5=O)cc4CC(CC)CCCC)sc3c(-c3ccc(CC(CC)CCCC)s3)c3cc(-c4sc(C=C5C(=O)c6ccccc6C5=O)cc4CC(CC)CCCC)sc23)s1. The third kappa shape index (κ3) is 13.5. The zero-order chi connectivity index (χ0) is 61.6. The molecule has 4 nitrogen and oxygen atoms in total. The average molecular weight is 1280 g/mol. The van der Waals surface area contributed by atoms with Crippen LogP contribution in [0.2, 0.25) is 0 Å². The maximum Gasteiger partial charge on any atom is 0.197 e. The van der Waals surface area contributed by atoms with Gasteiger partial charge in [0, 0.05) is 102 Å². The summed E-state index contributed by atoms with van der Waals surface area (Å²) in [5.41, 5.74) is 7.69. The first-order valence-electron chi connectivity index (χ1n) is 33.2. The lowest BCUT2D eigenvalue weighted by molar-refractivity contribution is 0.0975. The van der Waals surface area contributed by atoms with Gasteiger partial charge < -0.3 is 0 Å². The van der Waals surface area contributed by atoms with Crippen molar-refractivity contribution in [2.24, 2.45) is 23.7 Å². The van der Waals surface area contributed by atoms with Gasteiger partial charge in [-0.2, -0.15) is 0 Å². The summed E-state index contributed by atoms with van der Waals surface area (Å²) >= 11 is 11.3. The van der Waals surface area contributed by atoms with Gasteiger partial charge in [0.15, 0.2) is 23.1 Å². The van der Waals surface area contributed by atoms with Crippen LogP contribution in [0.5, 0.6) is 0 Å². The highest BCUT2D eigenvalue weighted by Crippen LogP contribution is 2.56. The predicted octanol–water partition coefficient (Wildman–Crippen LogP) is 25.0. The van der Waals surface area contributed by atoms with E-state index in [0.717, 1.165) is 74.0 Å². The first-order valence-corrected chi connectivity index (χ1v) is 38.1. The number of Topliss-reactive ketones (excluding diaryl/α,β-unsaturated/α-hetero) is 4. The van der Waals surface area contributed by atoms with Gasteiger partial charge in [-0.15, -0.1) is 68.0 Å². The van der Waals surface area contributed by atoms with Crippen molar-refractivity contribution >= 4 is 123 Å². The number of rotatable bonds is 30. The van der Waals surface area contributed by atoms with Crippen molar-refractivity contribution in [2.45, 2.75) is 184 Å². The van der Waals surface area contributed by atoms with Crippen LogP contribution in [0.4, 0.5) is 0 Å². The highest BCUT2D eigenvalue weighted by molar-refractivity contribution is 7.29. The number of benzene rings is 3. The van der Waals surface area contributed by atoms with Crippen LogP contribution in [0.15, 0.2) is 108 Å². The monoisotopic (exact) mass is 1280 g/mol. The van der Waals surface area contributed by atoms with E-state index in [-0.39, 0.29) is 34.3 Å². The maximum atomic E-state index is 14.0. The van der Waals surface area contributed by atoms with E-state index in [1.54, 1.807) is 46.9 Å². The molecule has 0 N–H and O–H groups in total. The minimum absolute atomic E-state index is 0.187. The van der Waals surface area contributed by atoms with E-state index < -0.39 is 0 Å². The molecule has 4 atom stereocenters. The van der Waals surface area contributed by atoms with Gasteiger partial charge in [-0.3, -0.25) is 19.2 Å². The molecule has 0 radical (unpaired) electrons. The van der Waals surface area contributed by atoms with Gasteiger partial charge >= 0.3 is 0 Å². The van der Waals surface area contributed by atoms with Crippen molar-refractivity contribution in [1.82, 2.24) is 0 Å². The number of carbonyl (C=O) groups excluding carboxylic acids is 4. The summed E-state index contributed by atoms with van der Waals surface area (Å²) in [5, 5.41) is 2.56. The first-order chi connectivity index (χ1) is 42.9.